The van der Waals surface area contributed by atoms with E-state index in [-0.39, 0.29) is 18.1 Å². The number of amides is 1. The van der Waals surface area contributed by atoms with Gasteiger partial charge >= 0.3 is 0 Å². The van der Waals surface area contributed by atoms with Crippen molar-refractivity contribution in [2.45, 2.75) is 26.7 Å². The number of hydrogen-bond acceptors (Lipinski definition) is 3. The zero-order chi connectivity index (χ0) is 16.8. The zero-order valence-corrected chi connectivity index (χ0v) is 13.7. The van der Waals surface area contributed by atoms with Crippen molar-refractivity contribution < 1.29 is 14.3 Å². The number of aromatic amines is 1. The second-order valence-electron chi connectivity index (χ2n) is 5.40. The molecule has 0 aliphatic heterocycles. The minimum Gasteiger partial charge on any atom is -0.497 e. The van der Waals surface area contributed by atoms with Crippen molar-refractivity contribution in [2.24, 2.45) is 0 Å². The van der Waals surface area contributed by atoms with Crippen molar-refractivity contribution in [3.8, 4) is 5.75 Å². The van der Waals surface area contributed by atoms with Crippen molar-refractivity contribution in [1.82, 2.24) is 10.3 Å². The third kappa shape index (κ3) is 4.00. The summed E-state index contributed by atoms with van der Waals surface area (Å²) in [5, 5.41) is 2.84. The van der Waals surface area contributed by atoms with Crippen LogP contribution in [0.4, 0.5) is 0 Å². The molecule has 2 N–H and O–H groups in total. The molecule has 0 fully saturated rings. The zero-order valence-electron chi connectivity index (χ0n) is 13.7. The molecular weight excluding hydrogens is 292 g/mol. The van der Waals surface area contributed by atoms with E-state index in [1.165, 1.54) is 0 Å². The Labute approximate surface area is 136 Å². The molecule has 0 unspecified atom stereocenters. The van der Waals surface area contributed by atoms with Crippen LogP contribution in [0.15, 0.2) is 30.5 Å². The second-order valence-corrected chi connectivity index (χ2v) is 5.40. The number of ether oxygens (including phenoxy) is 1. The quantitative estimate of drug-likeness (QED) is 0.772. The minimum absolute atomic E-state index is 0.0302. The molecule has 0 saturated carbocycles. The van der Waals surface area contributed by atoms with Gasteiger partial charge < -0.3 is 15.0 Å². The van der Waals surface area contributed by atoms with Gasteiger partial charge in [-0.25, -0.2) is 0 Å². The molecule has 5 nitrogen and oxygen atoms in total. The Bertz CT molecular complexity index is 687. The summed E-state index contributed by atoms with van der Waals surface area (Å²) in [7, 11) is 1.59. The number of methoxy groups -OCH3 is 1. The lowest BCUT2D eigenvalue weighted by Gasteiger charge is -2.05. The van der Waals surface area contributed by atoms with Crippen LogP contribution in [0.5, 0.6) is 5.75 Å². The molecule has 2 rings (SSSR count). The number of carbonyl (C=O) groups excluding carboxylic acids is 2. The Balaban J connectivity index is 2.14. The Morgan fingerprint density at radius 3 is 2.52 bits per heavy atom. The lowest BCUT2D eigenvalue weighted by molar-refractivity contribution is -0.120. The van der Waals surface area contributed by atoms with E-state index in [1.54, 1.807) is 37.6 Å². The van der Waals surface area contributed by atoms with Gasteiger partial charge in [0.15, 0.2) is 0 Å². The van der Waals surface area contributed by atoms with Crippen LogP contribution in [0, 0.1) is 6.92 Å². The van der Waals surface area contributed by atoms with Crippen LogP contribution in [0.1, 0.15) is 40.5 Å². The van der Waals surface area contributed by atoms with Crippen LogP contribution in [0.25, 0.3) is 0 Å². The van der Waals surface area contributed by atoms with Gasteiger partial charge in [0.25, 0.3) is 0 Å². The van der Waals surface area contributed by atoms with Crippen LogP contribution in [-0.4, -0.2) is 30.3 Å². The molecule has 122 valence electrons. The van der Waals surface area contributed by atoms with Crippen LogP contribution < -0.4 is 10.1 Å². The molecule has 5 heteroatoms. The Morgan fingerprint density at radius 1 is 1.22 bits per heavy atom. The maximum Gasteiger partial charge on any atom is 0.224 e. The molecule has 0 spiro atoms. The molecule has 0 radical (unpaired) electrons. The topological polar surface area (TPSA) is 71.2 Å². The molecule has 0 bridgehead atoms. The molecule has 1 aromatic carbocycles. The highest BCUT2D eigenvalue weighted by molar-refractivity contribution is 6.09. The van der Waals surface area contributed by atoms with Gasteiger partial charge in [-0.1, -0.05) is 6.92 Å². The molecule has 2 aromatic rings. The number of nitrogens with one attached hydrogen (secondary N) is 2. The molecule has 0 aliphatic carbocycles. The van der Waals surface area contributed by atoms with E-state index in [0.717, 1.165) is 17.5 Å². The number of carbonyl (C=O) groups is 2. The number of benzene rings is 1. The number of hydrogen-bond donors (Lipinski definition) is 2. The number of aromatic nitrogens is 1. The lowest BCUT2D eigenvalue weighted by Crippen LogP contribution is -2.25. The summed E-state index contributed by atoms with van der Waals surface area (Å²) in [5.74, 6) is 0.584. The third-order valence-electron chi connectivity index (χ3n) is 3.75. The SMILES string of the molecule is CCCNC(=O)Cc1c[nH]c(C(=O)c2ccc(OC)cc2)c1C. The van der Waals surface area contributed by atoms with Gasteiger partial charge in [-0.15, -0.1) is 0 Å². The first-order valence-electron chi connectivity index (χ1n) is 7.69. The Morgan fingerprint density at radius 2 is 1.91 bits per heavy atom. The number of ketones is 1. The van der Waals surface area contributed by atoms with Gasteiger partial charge in [0, 0.05) is 18.3 Å². The molecule has 23 heavy (non-hydrogen) atoms. The first-order chi connectivity index (χ1) is 11.1. The van der Waals surface area contributed by atoms with Gasteiger partial charge in [0.1, 0.15) is 5.75 Å². The monoisotopic (exact) mass is 314 g/mol. The molecule has 0 atom stereocenters. The fourth-order valence-corrected chi connectivity index (χ4v) is 2.34. The summed E-state index contributed by atoms with van der Waals surface area (Å²) in [6, 6.07) is 6.97. The van der Waals surface area contributed by atoms with Crippen molar-refractivity contribution in [3.05, 3.63) is 52.8 Å². The summed E-state index contributed by atoms with van der Waals surface area (Å²) < 4.78 is 5.09. The summed E-state index contributed by atoms with van der Waals surface area (Å²) in [6.45, 7) is 4.53. The fourth-order valence-electron chi connectivity index (χ4n) is 2.34. The molecular formula is C18H22N2O3. The minimum atomic E-state index is -0.0923. The first-order valence-corrected chi connectivity index (χ1v) is 7.69. The van der Waals surface area contributed by atoms with Crippen molar-refractivity contribution in [3.63, 3.8) is 0 Å². The van der Waals surface area contributed by atoms with Crippen LogP contribution in [0.3, 0.4) is 0 Å². The highest BCUT2D eigenvalue weighted by atomic mass is 16.5. The normalized spacial score (nSPS) is 10.4. The molecule has 1 heterocycles. The average molecular weight is 314 g/mol. The summed E-state index contributed by atoms with van der Waals surface area (Å²) in [5.41, 5.74) is 2.76. The Kier molecular flexibility index (Phi) is 5.57. The summed E-state index contributed by atoms with van der Waals surface area (Å²) in [4.78, 5) is 27.4. The highest BCUT2D eigenvalue weighted by Gasteiger charge is 2.17. The van der Waals surface area contributed by atoms with E-state index >= 15 is 0 Å². The van der Waals surface area contributed by atoms with Gasteiger partial charge in [0.2, 0.25) is 11.7 Å². The smallest absolute Gasteiger partial charge is 0.224 e. The van der Waals surface area contributed by atoms with Crippen molar-refractivity contribution >= 4 is 11.7 Å². The van der Waals surface area contributed by atoms with E-state index in [2.05, 4.69) is 10.3 Å². The summed E-state index contributed by atoms with van der Waals surface area (Å²) >= 11 is 0. The van der Waals surface area contributed by atoms with Crippen molar-refractivity contribution in [2.75, 3.05) is 13.7 Å². The van der Waals surface area contributed by atoms with Crippen molar-refractivity contribution in [1.29, 1.82) is 0 Å². The lowest BCUT2D eigenvalue weighted by atomic mass is 10.0. The van der Waals surface area contributed by atoms with Gasteiger partial charge in [0.05, 0.1) is 19.2 Å². The highest BCUT2D eigenvalue weighted by Crippen LogP contribution is 2.19. The average Bonchev–Trinajstić information content (AvgIpc) is 2.93. The van der Waals surface area contributed by atoms with Crippen LogP contribution >= 0.6 is 0 Å². The van der Waals surface area contributed by atoms with Gasteiger partial charge in [-0.3, -0.25) is 9.59 Å². The second kappa shape index (κ2) is 7.63. The molecule has 0 aliphatic rings. The van der Waals surface area contributed by atoms with E-state index in [1.807, 2.05) is 13.8 Å². The van der Waals surface area contributed by atoms with Crippen LogP contribution in [-0.2, 0) is 11.2 Å². The molecule has 0 saturated heterocycles. The third-order valence-corrected chi connectivity index (χ3v) is 3.75. The predicted octanol–water partition coefficient (Wildman–Crippen LogP) is 2.63. The maximum atomic E-state index is 12.6. The maximum absolute atomic E-state index is 12.6. The largest absolute Gasteiger partial charge is 0.497 e. The standard InChI is InChI=1S/C18H22N2O3/c1-4-9-19-16(21)10-14-11-20-17(12(14)2)18(22)13-5-7-15(23-3)8-6-13/h5-8,11,20H,4,9-10H2,1-3H3,(H,19,21). The van der Waals surface area contributed by atoms with Gasteiger partial charge in [-0.2, -0.15) is 0 Å². The van der Waals surface area contributed by atoms with Gasteiger partial charge in [-0.05, 0) is 48.7 Å². The number of H-pyrrole nitrogens is 1. The van der Waals surface area contributed by atoms with Crippen LogP contribution in [0.2, 0.25) is 0 Å². The van der Waals surface area contributed by atoms with E-state index in [9.17, 15) is 9.59 Å². The fraction of sp³-hybridized carbons (Fsp3) is 0.333. The van der Waals surface area contributed by atoms with E-state index < -0.39 is 0 Å². The first kappa shape index (κ1) is 16.8. The summed E-state index contributed by atoms with van der Waals surface area (Å²) in [6.07, 6.45) is 2.91. The molecule has 1 aromatic heterocycles. The molecule has 1 amide bonds. The van der Waals surface area contributed by atoms with E-state index in [4.69, 9.17) is 4.74 Å². The predicted molar refractivity (Wildman–Crippen MR) is 89.0 cm³/mol. The van der Waals surface area contributed by atoms with E-state index in [0.29, 0.717) is 23.6 Å². The Hall–Kier alpha value is -2.56. The number of rotatable bonds is 7.